The van der Waals surface area contributed by atoms with Gasteiger partial charge in [-0.2, -0.15) is 13.2 Å². The van der Waals surface area contributed by atoms with E-state index in [1.54, 1.807) is 0 Å². The van der Waals surface area contributed by atoms with Crippen molar-refractivity contribution in [3.63, 3.8) is 0 Å². The molecule has 0 bridgehead atoms. The fourth-order valence-electron chi connectivity index (χ4n) is 2.22. The van der Waals surface area contributed by atoms with Crippen LogP contribution in [0.4, 0.5) is 18.9 Å². The van der Waals surface area contributed by atoms with Crippen LogP contribution in [0.15, 0.2) is 18.2 Å². The SMILES string of the molecule is O=C(O)c1cc(NS(=O)(=O)CC2CCCO2)cc(C(F)(F)F)c1. The molecule has 6 nitrogen and oxygen atoms in total. The fraction of sp³-hybridized carbons (Fsp3) is 0.462. The highest BCUT2D eigenvalue weighted by atomic mass is 32.2. The second-order valence-corrected chi connectivity index (χ2v) is 6.89. The predicted molar refractivity (Wildman–Crippen MR) is 74.8 cm³/mol. The Hall–Kier alpha value is -1.81. The number of carbonyl (C=O) groups is 1. The standard InChI is InChI=1S/C13H14F3NO5S/c14-13(15,16)9-4-8(12(18)19)5-10(6-9)17-23(20,21)7-11-2-1-3-22-11/h4-6,11,17H,1-3,7H2,(H,18,19). The number of nitrogens with one attached hydrogen (secondary N) is 1. The number of rotatable bonds is 5. The van der Waals surface area contributed by atoms with E-state index in [2.05, 4.69) is 0 Å². The number of alkyl halides is 3. The van der Waals surface area contributed by atoms with Crippen molar-refractivity contribution >= 4 is 21.7 Å². The first-order valence-corrected chi connectivity index (χ1v) is 8.30. The molecule has 1 unspecified atom stereocenters. The molecule has 0 aliphatic carbocycles. The van der Waals surface area contributed by atoms with Gasteiger partial charge in [0, 0.05) is 12.3 Å². The molecule has 0 amide bonds. The molecular weight excluding hydrogens is 339 g/mol. The zero-order valence-electron chi connectivity index (χ0n) is 11.8. The normalized spacial score (nSPS) is 18.8. The minimum atomic E-state index is -4.79. The molecule has 128 valence electrons. The Kier molecular flexibility index (Phi) is 4.85. The van der Waals surface area contributed by atoms with Gasteiger partial charge in [0.15, 0.2) is 0 Å². The highest BCUT2D eigenvalue weighted by Gasteiger charge is 2.32. The van der Waals surface area contributed by atoms with E-state index in [9.17, 15) is 26.4 Å². The lowest BCUT2D eigenvalue weighted by atomic mass is 10.1. The minimum absolute atomic E-state index is 0.397. The van der Waals surface area contributed by atoms with Gasteiger partial charge in [-0.05, 0) is 31.0 Å². The van der Waals surface area contributed by atoms with Crippen LogP contribution in [-0.4, -0.2) is 38.0 Å². The summed E-state index contributed by atoms with van der Waals surface area (Å²) in [7, 11) is -3.96. The number of sulfonamides is 1. The lowest BCUT2D eigenvalue weighted by Crippen LogP contribution is -2.26. The van der Waals surface area contributed by atoms with Gasteiger partial charge in [-0.3, -0.25) is 4.72 Å². The zero-order chi connectivity index (χ0) is 17.3. The van der Waals surface area contributed by atoms with Gasteiger partial charge in [0.2, 0.25) is 10.0 Å². The predicted octanol–water partition coefficient (Wildman–Crippen LogP) is 2.32. The van der Waals surface area contributed by atoms with Crippen LogP contribution < -0.4 is 4.72 Å². The zero-order valence-corrected chi connectivity index (χ0v) is 12.6. The lowest BCUT2D eigenvalue weighted by Gasteiger charge is -2.14. The summed E-state index contributed by atoms with van der Waals surface area (Å²) in [5.41, 5.74) is -2.35. The molecule has 10 heteroatoms. The van der Waals surface area contributed by atoms with Crippen molar-refractivity contribution in [2.75, 3.05) is 17.1 Å². The molecule has 23 heavy (non-hydrogen) atoms. The number of carboxylic acids is 1. The molecule has 1 heterocycles. The molecule has 1 aliphatic heterocycles. The number of halogens is 3. The average Bonchev–Trinajstić information content (AvgIpc) is 2.88. The van der Waals surface area contributed by atoms with Crippen LogP contribution >= 0.6 is 0 Å². The summed E-state index contributed by atoms with van der Waals surface area (Å²) in [6, 6.07) is 1.84. The quantitative estimate of drug-likeness (QED) is 0.847. The maximum absolute atomic E-state index is 12.8. The van der Waals surface area contributed by atoms with Crippen LogP contribution in [0.2, 0.25) is 0 Å². The van der Waals surface area contributed by atoms with Gasteiger partial charge in [-0.25, -0.2) is 13.2 Å². The molecular formula is C13H14F3NO5S. The Labute approximate surface area is 130 Å². The van der Waals surface area contributed by atoms with Gasteiger partial charge in [-0.15, -0.1) is 0 Å². The van der Waals surface area contributed by atoms with E-state index in [0.717, 1.165) is 6.07 Å². The maximum atomic E-state index is 12.8. The average molecular weight is 353 g/mol. The van der Waals surface area contributed by atoms with E-state index in [1.165, 1.54) is 0 Å². The number of aromatic carboxylic acids is 1. The topological polar surface area (TPSA) is 92.7 Å². The Morgan fingerprint density at radius 1 is 1.35 bits per heavy atom. The van der Waals surface area contributed by atoms with Crippen LogP contribution in [0.1, 0.15) is 28.8 Å². The molecule has 2 N–H and O–H groups in total. The summed E-state index contributed by atoms with van der Waals surface area (Å²) >= 11 is 0. The second kappa shape index (κ2) is 6.36. The van der Waals surface area contributed by atoms with E-state index in [0.29, 0.717) is 31.6 Å². The molecule has 0 aromatic heterocycles. The molecule has 0 spiro atoms. The molecule has 2 rings (SSSR count). The highest BCUT2D eigenvalue weighted by Crippen LogP contribution is 2.32. The third-order valence-electron chi connectivity index (χ3n) is 3.21. The lowest BCUT2D eigenvalue weighted by molar-refractivity contribution is -0.137. The molecule has 0 radical (unpaired) electrons. The van der Waals surface area contributed by atoms with Gasteiger partial charge in [0.25, 0.3) is 0 Å². The van der Waals surface area contributed by atoms with Crippen LogP contribution in [-0.2, 0) is 20.9 Å². The largest absolute Gasteiger partial charge is 0.478 e. The summed E-state index contributed by atoms with van der Waals surface area (Å²) in [4.78, 5) is 10.9. The van der Waals surface area contributed by atoms with Crippen molar-refractivity contribution < 1.29 is 36.2 Å². The molecule has 1 atom stereocenters. The van der Waals surface area contributed by atoms with Gasteiger partial charge >= 0.3 is 12.1 Å². The molecule has 0 saturated carbocycles. The number of hydrogen-bond donors (Lipinski definition) is 2. The van der Waals surface area contributed by atoms with Gasteiger partial charge < -0.3 is 9.84 Å². The molecule has 1 aromatic carbocycles. The van der Waals surface area contributed by atoms with Crippen molar-refractivity contribution in [2.45, 2.75) is 25.1 Å². The molecule has 1 aliphatic rings. The highest BCUT2D eigenvalue weighted by molar-refractivity contribution is 7.92. The van der Waals surface area contributed by atoms with Crippen LogP contribution in [0.3, 0.4) is 0 Å². The molecule has 1 aromatic rings. The number of benzene rings is 1. The minimum Gasteiger partial charge on any atom is -0.478 e. The van der Waals surface area contributed by atoms with Crippen molar-refractivity contribution in [1.82, 2.24) is 0 Å². The first kappa shape index (κ1) is 17.5. The summed E-state index contributed by atoms with van der Waals surface area (Å²) in [5.74, 6) is -1.98. The van der Waals surface area contributed by atoms with E-state index < -0.39 is 50.8 Å². The Bertz CT molecular complexity index is 696. The first-order chi connectivity index (χ1) is 10.6. The number of anilines is 1. The summed E-state index contributed by atoms with van der Waals surface area (Å²) in [6.07, 6.45) is -4.05. The van der Waals surface area contributed by atoms with Crippen molar-refractivity contribution in [3.05, 3.63) is 29.3 Å². The van der Waals surface area contributed by atoms with E-state index in [-0.39, 0.29) is 0 Å². The van der Waals surface area contributed by atoms with Gasteiger partial charge in [-0.1, -0.05) is 0 Å². The van der Waals surface area contributed by atoms with E-state index in [1.807, 2.05) is 4.72 Å². The molecule has 1 saturated heterocycles. The van der Waals surface area contributed by atoms with Crippen molar-refractivity contribution in [1.29, 1.82) is 0 Å². The fourth-order valence-corrected chi connectivity index (χ4v) is 3.53. The monoisotopic (exact) mass is 353 g/mol. The van der Waals surface area contributed by atoms with Crippen molar-refractivity contribution in [3.8, 4) is 0 Å². The summed E-state index contributed by atoms with van der Waals surface area (Å²) < 4.78 is 69.5. The third kappa shape index (κ3) is 4.83. The third-order valence-corrected chi connectivity index (χ3v) is 4.57. The number of hydrogen-bond acceptors (Lipinski definition) is 4. The Balaban J connectivity index is 2.27. The van der Waals surface area contributed by atoms with Gasteiger partial charge in [0.05, 0.1) is 23.0 Å². The Morgan fingerprint density at radius 2 is 2.04 bits per heavy atom. The smallest absolute Gasteiger partial charge is 0.416 e. The first-order valence-electron chi connectivity index (χ1n) is 6.64. The van der Waals surface area contributed by atoms with Gasteiger partial charge in [0.1, 0.15) is 0 Å². The Morgan fingerprint density at radius 3 is 2.57 bits per heavy atom. The summed E-state index contributed by atoms with van der Waals surface area (Å²) in [6.45, 7) is 0.437. The summed E-state index contributed by atoms with van der Waals surface area (Å²) in [5, 5.41) is 8.86. The number of carboxylic acid groups (broad SMARTS) is 1. The van der Waals surface area contributed by atoms with E-state index in [4.69, 9.17) is 9.84 Å². The van der Waals surface area contributed by atoms with Crippen molar-refractivity contribution in [2.24, 2.45) is 0 Å². The van der Waals surface area contributed by atoms with Crippen LogP contribution in [0, 0.1) is 0 Å². The second-order valence-electron chi connectivity index (χ2n) is 5.12. The number of ether oxygens (including phenoxy) is 1. The molecule has 1 fully saturated rings. The van der Waals surface area contributed by atoms with Crippen LogP contribution in [0.25, 0.3) is 0 Å². The maximum Gasteiger partial charge on any atom is 0.416 e. The van der Waals surface area contributed by atoms with Crippen LogP contribution in [0.5, 0.6) is 0 Å². The van der Waals surface area contributed by atoms with E-state index >= 15 is 0 Å².